The molecule has 1 aromatic carbocycles. The van der Waals surface area contributed by atoms with Crippen LogP contribution in [0.25, 0.3) is 0 Å². The smallest absolute Gasteiger partial charge is 0.221 e. The van der Waals surface area contributed by atoms with E-state index >= 15 is 0 Å². The van der Waals surface area contributed by atoms with Gasteiger partial charge in [0, 0.05) is 9.50 Å². The molecule has 0 bridgehead atoms. The monoisotopic (exact) mass is 247 g/mol. The minimum Gasteiger partial charge on any atom is -0.369 e. The second-order valence-electron chi connectivity index (χ2n) is 2.38. The van der Waals surface area contributed by atoms with Gasteiger partial charge in [-0.2, -0.15) is 0 Å². The highest BCUT2D eigenvalue weighted by Gasteiger charge is 2.03. The summed E-state index contributed by atoms with van der Waals surface area (Å²) in [6.07, 6.45) is 0.234. The lowest BCUT2D eigenvalue weighted by molar-refractivity contribution is -0.117. The molecule has 0 heterocycles. The Balaban J connectivity index is 2.93. The number of carbonyl (C=O) groups is 1. The van der Waals surface area contributed by atoms with Crippen LogP contribution in [0.3, 0.4) is 0 Å². The molecule has 0 spiro atoms. The van der Waals surface area contributed by atoms with Crippen LogP contribution in [0.4, 0.5) is 0 Å². The largest absolute Gasteiger partial charge is 0.369 e. The van der Waals surface area contributed by atoms with E-state index in [0.717, 1.165) is 10.0 Å². The maximum atomic E-state index is 10.6. The lowest BCUT2D eigenvalue weighted by Gasteiger charge is -2.01. The van der Waals surface area contributed by atoms with Crippen molar-refractivity contribution in [2.75, 3.05) is 0 Å². The molecule has 0 saturated heterocycles. The Hall–Kier alpha value is -0.540. The van der Waals surface area contributed by atoms with E-state index in [1.807, 2.05) is 0 Å². The van der Waals surface area contributed by atoms with Crippen LogP contribution < -0.4 is 5.73 Å². The number of rotatable bonds is 2. The summed E-state index contributed by atoms with van der Waals surface area (Å²) in [7, 11) is 0. The van der Waals surface area contributed by atoms with E-state index in [-0.39, 0.29) is 12.3 Å². The highest BCUT2D eigenvalue weighted by Crippen LogP contribution is 2.21. The minimum atomic E-state index is -0.349. The Labute approximate surface area is 83.8 Å². The summed E-state index contributed by atoms with van der Waals surface area (Å²) in [6, 6.07) is 5.24. The molecule has 0 aromatic heterocycles. The van der Waals surface area contributed by atoms with Crippen LogP contribution in [0.5, 0.6) is 0 Å². The Bertz CT molecular complexity index is 314. The van der Waals surface area contributed by atoms with Gasteiger partial charge in [0.15, 0.2) is 0 Å². The molecule has 4 heteroatoms. The molecule has 2 N–H and O–H groups in total. The summed E-state index contributed by atoms with van der Waals surface area (Å²) < 4.78 is 0.814. The van der Waals surface area contributed by atoms with Gasteiger partial charge in [0.2, 0.25) is 5.91 Å². The van der Waals surface area contributed by atoms with Crippen molar-refractivity contribution in [3.8, 4) is 0 Å². The van der Waals surface area contributed by atoms with E-state index in [1.165, 1.54) is 0 Å². The molecule has 0 unspecified atom stereocenters. The average molecular weight is 249 g/mol. The van der Waals surface area contributed by atoms with E-state index in [1.54, 1.807) is 18.2 Å². The predicted molar refractivity (Wildman–Crippen MR) is 52.1 cm³/mol. The number of halogens is 2. The van der Waals surface area contributed by atoms with Crippen LogP contribution in [0.2, 0.25) is 5.02 Å². The summed E-state index contributed by atoms with van der Waals surface area (Å²) in [5.41, 5.74) is 5.89. The van der Waals surface area contributed by atoms with E-state index in [4.69, 9.17) is 17.3 Å². The molecule has 0 aliphatic carbocycles. The second kappa shape index (κ2) is 3.92. The van der Waals surface area contributed by atoms with E-state index in [0.29, 0.717) is 5.02 Å². The van der Waals surface area contributed by atoms with Crippen LogP contribution in [-0.2, 0) is 11.2 Å². The van der Waals surface area contributed by atoms with Gasteiger partial charge in [-0.05, 0) is 17.7 Å². The quantitative estimate of drug-likeness (QED) is 0.856. The average Bonchev–Trinajstić information content (AvgIpc) is 1.94. The van der Waals surface area contributed by atoms with Gasteiger partial charge in [0.1, 0.15) is 0 Å². The first kappa shape index (κ1) is 9.55. The molecule has 1 amide bonds. The molecule has 0 aliphatic rings. The van der Waals surface area contributed by atoms with Gasteiger partial charge in [-0.1, -0.05) is 33.6 Å². The number of hydrogen-bond donors (Lipinski definition) is 1. The van der Waals surface area contributed by atoms with Crippen LogP contribution in [-0.4, -0.2) is 5.91 Å². The number of hydrogen-bond acceptors (Lipinski definition) is 1. The van der Waals surface area contributed by atoms with Gasteiger partial charge in [-0.3, -0.25) is 4.79 Å². The van der Waals surface area contributed by atoms with Crippen molar-refractivity contribution in [3.63, 3.8) is 0 Å². The maximum absolute atomic E-state index is 10.6. The van der Waals surface area contributed by atoms with E-state index in [9.17, 15) is 4.79 Å². The molecule has 1 rings (SSSR count). The first-order chi connectivity index (χ1) is 5.59. The van der Waals surface area contributed by atoms with Crippen molar-refractivity contribution in [2.45, 2.75) is 6.42 Å². The van der Waals surface area contributed by atoms with Crippen molar-refractivity contribution >= 4 is 33.4 Å². The molecule has 1 aromatic rings. The normalized spacial score (nSPS) is 9.83. The predicted octanol–water partition coefficient (Wildman–Crippen LogP) is 2.13. The Morgan fingerprint density at radius 2 is 2.25 bits per heavy atom. The molecule has 0 fully saturated rings. The molecular formula is C8H7BrClNO. The number of primary amides is 1. The molecule has 2 nitrogen and oxygen atoms in total. The zero-order valence-electron chi connectivity index (χ0n) is 6.18. The molecule has 64 valence electrons. The summed E-state index contributed by atoms with van der Waals surface area (Å²) in [5, 5.41) is 0.634. The number of carbonyl (C=O) groups excluding carboxylic acids is 1. The highest BCUT2D eigenvalue weighted by molar-refractivity contribution is 9.10. The first-order valence-electron chi connectivity index (χ1n) is 3.32. The molecule has 0 aliphatic heterocycles. The molecule has 0 saturated carbocycles. The van der Waals surface area contributed by atoms with Gasteiger partial charge in [-0.25, -0.2) is 0 Å². The van der Waals surface area contributed by atoms with Crippen molar-refractivity contribution in [2.24, 2.45) is 5.73 Å². The third kappa shape index (κ3) is 2.50. The van der Waals surface area contributed by atoms with Crippen molar-refractivity contribution < 1.29 is 4.79 Å². The maximum Gasteiger partial charge on any atom is 0.221 e. The number of amides is 1. The second-order valence-corrected chi connectivity index (χ2v) is 3.67. The zero-order chi connectivity index (χ0) is 9.14. The Morgan fingerprint density at radius 1 is 1.58 bits per heavy atom. The van der Waals surface area contributed by atoms with Crippen LogP contribution in [0, 0.1) is 0 Å². The minimum absolute atomic E-state index is 0.234. The molecule has 12 heavy (non-hydrogen) atoms. The fourth-order valence-corrected chi connectivity index (χ4v) is 1.68. The lowest BCUT2D eigenvalue weighted by Crippen LogP contribution is -2.13. The van der Waals surface area contributed by atoms with E-state index in [2.05, 4.69) is 15.9 Å². The molecule has 0 radical (unpaired) electrons. The van der Waals surface area contributed by atoms with Gasteiger partial charge in [0.25, 0.3) is 0 Å². The third-order valence-electron chi connectivity index (χ3n) is 1.38. The van der Waals surface area contributed by atoms with Crippen LogP contribution >= 0.6 is 27.5 Å². The van der Waals surface area contributed by atoms with Crippen molar-refractivity contribution in [1.82, 2.24) is 0 Å². The number of nitrogens with two attached hydrogens (primary N) is 1. The Morgan fingerprint density at radius 3 is 2.75 bits per heavy atom. The fraction of sp³-hybridized carbons (Fsp3) is 0.125. The van der Waals surface area contributed by atoms with Gasteiger partial charge in [-0.15, -0.1) is 0 Å². The standard InChI is InChI=1S/C8H7BrClNO/c9-7-4-6(10)2-1-5(7)3-8(11)12/h1-2,4H,3H2,(H2,11,12). The molecular weight excluding hydrogens is 241 g/mol. The SMILES string of the molecule is NC(=O)Cc1ccc(Cl)cc1Br. The Kier molecular flexibility index (Phi) is 3.12. The summed E-state index contributed by atoms with van der Waals surface area (Å²) in [4.78, 5) is 10.6. The van der Waals surface area contributed by atoms with Gasteiger partial charge in [0.05, 0.1) is 6.42 Å². The van der Waals surface area contributed by atoms with E-state index < -0.39 is 0 Å². The van der Waals surface area contributed by atoms with Crippen molar-refractivity contribution in [1.29, 1.82) is 0 Å². The van der Waals surface area contributed by atoms with Crippen LogP contribution in [0.15, 0.2) is 22.7 Å². The zero-order valence-corrected chi connectivity index (χ0v) is 8.52. The third-order valence-corrected chi connectivity index (χ3v) is 2.35. The highest BCUT2D eigenvalue weighted by atomic mass is 79.9. The topological polar surface area (TPSA) is 43.1 Å². The summed E-state index contributed by atoms with van der Waals surface area (Å²) in [6.45, 7) is 0. The summed E-state index contributed by atoms with van der Waals surface area (Å²) in [5.74, 6) is -0.349. The fourth-order valence-electron chi connectivity index (χ4n) is 0.853. The first-order valence-corrected chi connectivity index (χ1v) is 4.49. The lowest BCUT2D eigenvalue weighted by atomic mass is 10.1. The summed E-state index contributed by atoms with van der Waals surface area (Å²) >= 11 is 8.99. The van der Waals surface area contributed by atoms with Crippen LogP contribution in [0.1, 0.15) is 5.56 Å². The number of benzene rings is 1. The van der Waals surface area contributed by atoms with Crippen molar-refractivity contribution in [3.05, 3.63) is 33.3 Å². The van der Waals surface area contributed by atoms with Gasteiger partial charge >= 0.3 is 0 Å². The molecule has 0 atom stereocenters. The van der Waals surface area contributed by atoms with Gasteiger partial charge < -0.3 is 5.73 Å².